The van der Waals surface area contributed by atoms with Gasteiger partial charge in [-0.25, -0.2) is 4.39 Å². The van der Waals surface area contributed by atoms with E-state index in [1.54, 1.807) is 19.2 Å². The smallest absolute Gasteiger partial charge is 0.222 e. The minimum absolute atomic E-state index is 0.0561. The normalized spacial score (nSPS) is 10.2. The average Bonchev–Trinajstić information content (AvgIpc) is 2.36. The van der Waals surface area contributed by atoms with Crippen LogP contribution in [0.5, 0.6) is 5.75 Å². The van der Waals surface area contributed by atoms with Gasteiger partial charge in [0, 0.05) is 20.0 Å². The molecule has 0 saturated carbocycles. The van der Waals surface area contributed by atoms with Crippen LogP contribution in [0, 0.1) is 5.82 Å². The van der Waals surface area contributed by atoms with Crippen molar-refractivity contribution in [3.8, 4) is 5.75 Å². The van der Waals surface area contributed by atoms with Crippen LogP contribution < -0.4 is 4.74 Å². The third-order valence-electron chi connectivity index (χ3n) is 2.70. The maximum absolute atomic E-state index is 13.4. The lowest BCUT2D eigenvalue weighted by molar-refractivity contribution is -0.130. The van der Waals surface area contributed by atoms with Crippen molar-refractivity contribution in [2.75, 3.05) is 27.3 Å². The van der Waals surface area contributed by atoms with Gasteiger partial charge in [-0.3, -0.25) is 4.79 Å². The number of hydrogen-bond acceptors (Lipinski definition) is 3. The molecule has 1 rings (SSSR count). The van der Waals surface area contributed by atoms with Crippen LogP contribution in [0.15, 0.2) is 18.2 Å². The fourth-order valence-electron chi connectivity index (χ4n) is 1.58. The number of aryl methyl sites for hydroxylation is 1. The van der Waals surface area contributed by atoms with Crippen molar-refractivity contribution in [3.63, 3.8) is 0 Å². The van der Waals surface area contributed by atoms with E-state index >= 15 is 0 Å². The summed E-state index contributed by atoms with van der Waals surface area (Å²) in [6, 6.07) is 4.66. The molecule has 0 fully saturated rings. The highest BCUT2D eigenvalue weighted by Crippen LogP contribution is 2.18. The monoisotopic (exact) mass is 255 g/mol. The SMILES string of the molecule is COc1ccc(CCC(=O)N(C)CCO)cc1F. The topological polar surface area (TPSA) is 49.8 Å². The molecule has 0 aliphatic heterocycles. The van der Waals surface area contributed by atoms with E-state index in [1.165, 1.54) is 18.1 Å². The van der Waals surface area contributed by atoms with Crippen LogP contribution in [0.25, 0.3) is 0 Å². The molecule has 1 aromatic rings. The zero-order chi connectivity index (χ0) is 13.5. The van der Waals surface area contributed by atoms with Crippen LogP contribution >= 0.6 is 0 Å². The van der Waals surface area contributed by atoms with E-state index in [0.717, 1.165) is 5.56 Å². The van der Waals surface area contributed by atoms with Crippen molar-refractivity contribution in [3.05, 3.63) is 29.6 Å². The predicted molar refractivity (Wildman–Crippen MR) is 66.0 cm³/mol. The highest BCUT2D eigenvalue weighted by Gasteiger charge is 2.09. The lowest BCUT2D eigenvalue weighted by Crippen LogP contribution is -2.29. The number of likely N-dealkylation sites (N-methyl/N-ethyl adjacent to an activating group) is 1. The second-order valence-electron chi connectivity index (χ2n) is 4.01. The Hall–Kier alpha value is -1.62. The highest BCUT2D eigenvalue weighted by atomic mass is 19.1. The average molecular weight is 255 g/mol. The van der Waals surface area contributed by atoms with Crippen molar-refractivity contribution in [2.24, 2.45) is 0 Å². The van der Waals surface area contributed by atoms with E-state index in [-0.39, 0.29) is 18.3 Å². The Morgan fingerprint density at radius 1 is 1.50 bits per heavy atom. The third kappa shape index (κ3) is 4.00. The van der Waals surface area contributed by atoms with Crippen molar-refractivity contribution in [1.29, 1.82) is 0 Å². The van der Waals surface area contributed by atoms with Crippen LogP contribution in [-0.4, -0.2) is 43.2 Å². The Kier molecular flexibility index (Phi) is 5.58. The molecule has 0 aliphatic carbocycles. The van der Waals surface area contributed by atoms with Crippen LogP contribution in [0.4, 0.5) is 4.39 Å². The van der Waals surface area contributed by atoms with E-state index in [0.29, 0.717) is 19.4 Å². The Morgan fingerprint density at radius 3 is 2.78 bits per heavy atom. The quantitative estimate of drug-likeness (QED) is 0.831. The van der Waals surface area contributed by atoms with Gasteiger partial charge in [0.1, 0.15) is 0 Å². The van der Waals surface area contributed by atoms with Crippen molar-refractivity contribution >= 4 is 5.91 Å². The Bertz CT molecular complexity index is 409. The van der Waals surface area contributed by atoms with Crippen molar-refractivity contribution in [2.45, 2.75) is 12.8 Å². The van der Waals surface area contributed by atoms with Crippen LogP contribution in [0.2, 0.25) is 0 Å². The molecule has 0 atom stereocenters. The summed E-state index contributed by atoms with van der Waals surface area (Å²) < 4.78 is 18.2. The van der Waals surface area contributed by atoms with Gasteiger partial charge in [-0.15, -0.1) is 0 Å². The van der Waals surface area contributed by atoms with E-state index < -0.39 is 5.82 Å². The third-order valence-corrected chi connectivity index (χ3v) is 2.70. The van der Waals surface area contributed by atoms with E-state index in [9.17, 15) is 9.18 Å². The number of methoxy groups -OCH3 is 1. The predicted octanol–water partition coefficient (Wildman–Crippen LogP) is 1.22. The van der Waals surface area contributed by atoms with Gasteiger partial charge in [0.25, 0.3) is 0 Å². The number of carbonyl (C=O) groups excluding carboxylic acids is 1. The summed E-state index contributed by atoms with van der Waals surface area (Å²) in [5.41, 5.74) is 0.749. The molecule has 0 aromatic heterocycles. The summed E-state index contributed by atoms with van der Waals surface area (Å²) in [5, 5.41) is 8.71. The number of halogens is 1. The minimum Gasteiger partial charge on any atom is -0.494 e. The lowest BCUT2D eigenvalue weighted by Gasteiger charge is -2.15. The van der Waals surface area contributed by atoms with Crippen LogP contribution in [-0.2, 0) is 11.2 Å². The second-order valence-corrected chi connectivity index (χ2v) is 4.01. The van der Waals surface area contributed by atoms with Crippen LogP contribution in [0.1, 0.15) is 12.0 Å². The second kappa shape index (κ2) is 6.96. The number of ether oxygens (including phenoxy) is 1. The van der Waals surface area contributed by atoms with Gasteiger partial charge in [-0.1, -0.05) is 6.07 Å². The molecule has 1 N–H and O–H groups in total. The molecule has 0 heterocycles. The maximum atomic E-state index is 13.4. The molecule has 1 amide bonds. The van der Waals surface area contributed by atoms with Gasteiger partial charge in [-0.05, 0) is 24.1 Å². The number of aliphatic hydroxyl groups excluding tert-OH is 1. The number of carbonyl (C=O) groups is 1. The number of benzene rings is 1. The van der Waals surface area contributed by atoms with Gasteiger partial charge in [0.05, 0.1) is 13.7 Å². The Balaban J connectivity index is 2.53. The number of rotatable bonds is 6. The van der Waals surface area contributed by atoms with Gasteiger partial charge in [0.15, 0.2) is 11.6 Å². The number of nitrogens with zero attached hydrogens (tertiary/aromatic N) is 1. The molecule has 1 aromatic carbocycles. The molecule has 0 saturated heterocycles. The first-order valence-corrected chi connectivity index (χ1v) is 5.75. The van der Waals surface area contributed by atoms with Gasteiger partial charge < -0.3 is 14.7 Å². The summed E-state index contributed by atoms with van der Waals surface area (Å²) in [6.45, 7) is 0.259. The first-order valence-electron chi connectivity index (χ1n) is 5.75. The van der Waals surface area contributed by atoms with Gasteiger partial charge in [0.2, 0.25) is 5.91 Å². The van der Waals surface area contributed by atoms with Gasteiger partial charge >= 0.3 is 0 Å². The summed E-state index contributed by atoms with van der Waals surface area (Å²) in [7, 11) is 3.04. The summed E-state index contributed by atoms with van der Waals surface area (Å²) in [5.74, 6) is -0.297. The molecule has 18 heavy (non-hydrogen) atoms. The summed E-state index contributed by atoms with van der Waals surface area (Å²) >= 11 is 0. The summed E-state index contributed by atoms with van der Waals surface area (Å²) in [4.78, 5) is 13.1. The van der Waals surface area contributed by atoms with Crippen molar-refractivity contribution in [1.82, 2.24) is 4.90 Å². The van der Waals surface area contributed by atoms with Crippen molar-refractivity contribution < 1.29 is 19.0 Å². The standard InChI is InChI=1S/C13H18FNO3/c1-15(7-8-16)13(17)6-4-10-3-5-12(18-2)11(14)9-10/h3,5,9,16H,4,6-8H2,1-2H3. The lowest BCUT2D eigenvalue weighted by atomic mass is 10.1. The molecule has 0 aliphatic rings. The fraction of sp³-hybridized carbons (Fsp3) is 0.462. The molecule has 0 spiro atoms. The first-order chi connectivity index (χ1) is 8.58. The maximum Gasteiger partial charge on any atom is 0.222 e. The number of hydrogen-bond donors (Lipinski definition) is 1. The first kappa shape index (κ1) is 14.4. The number of amides is 1. The minimum atomic E-state index is -0.425. The van der Waals surface area contributed by atoms with Crippen LogP contribution in [0.3, 0.4) is 0 Å². The molecule has 0 bridgehead atoms. The molecule has 5 heteroatoms. The summed E-state index contributed by atoms with van der Waals surface area (Å²) in [6.07, 6.45) is 0.762. The molecule has 0 unspecified atom stereocenters. The largest absolute Gasteiger partial charge is 0.494 e. The molecule has 100 valence electrons. The molecular weight excluding hydrogens is 237 g/mol. The molecule has 0 radical (unpaired) electrons. The molecular formula is C13H18FNO3. The number of aliphatic hydroxyl groups is 1. The zero-order valence-electron chi connectivity index (χ0n) is 10.6. The fourth-order valence-corrected chi connectivity index (χ4v) is 1.58. The Labute approximate surface area is 106 Å². The van der Waals surface area contributed by atoms with E-state index in [4.69, 9.17) is 9.84 Å². The molecule has 4 nitrogen and oxygen atoms in total. The highest BCUT2D eigenvalue weighted by molar-refractivity contribution is 5.76. The van der Waals surface area contributed by atoms with E-state index in [2.05, 4.69) is 0 Å². The van der Waals surface area contributed by atoms with Gasteiger partial charge in [-0.2, -0.15) is 0 Å². The zero-order valence-corrected chi connectivity index (χ0v) is 10.6. The Morgan fingerprint density at radius 2 is 2.22 bits per heavy atom. The van der Waals surface area contributed by atoms with E-state index in [1.807, 2.05) is 0 Å².